The molecule has 172 valence electrons. The van der Waals surface area contributed by atoms with Crippen molar-refractivity contribution in [1.82, 2.24) is 14.8 Å². The minimum atomic E-state index is -0.261. The van der Waals surface area contributed by atoms with Crippen LogP contribution in [0.4, 0.5) is 11.4 Å². The fourth-order valence-electron chi connectivity index (χ4n) is 2.95. The Balaban J connectivity index is 1.63. The van der Waals surface area contributed by atoms with Crippen molar-refractivity contribution in [3.63, 3.8) is 0 Å². The molecular formula is C23H24ClN5O3S. The lowest BCUT2D eigenvalue weighted by Crippen LogP contribution is -2.18. The molecule has 0 saturated carbocycles. The number of aryl methyl sites for hydroxylation is 1. The van der Waals surface area contributed by atoms with Crippen molar-refractivity contribution in [2.24, 2.45) is 0 Å². The number of ether oxygens (including phenoxy) is 1. The van der Waals surface area contributed by atoms with Crippen molar-refractivity contribution in [2.45, 2.75) is 25.0 Å². The molecule has 33 heavy (non-hydrogen) atoms. The zero-order valence-corrected chi connectivity index (χ0v) is 19.9. The highest BCUT2D eigenvalue weighted by molar-refractivity contribution is 7.99. The van der Waals surface area contributed by atoms with Crippen molar-refractivity contribution < 1.29 is 14.3 Å². The molecule has 0 atom stereocenters. The molecule has 0 aliphatic heterocycles. The second-order valence-electron chi connectivity index (χ2n) is 7.02. The molecule has 8 nitrogen and oxygen atoms in total. The molecule has 0 bridgehead atoms. The number of nitrogens with zero attached hydrogens (tertiary/aromatic N) is 3. The third kappa shape index (κ3) is 6.59. The Morgan fingerprint density at radius 3 is 2.70 bits per heavy atom. The van der Waals surface area contributed by atoms with E-state index in [1.807, 2.05) is 25.1 Å². The topological polar surface area (TPSA) is 98.1 Å². The number of methoxy groups -OCH3 is 1. The van der Waals surface area contributed by atoms with Crippen LogP contribution in [0.25, 0.3) is 0 Å². The average molecular weight is 486 g/mol. The van der Waals surface area contributed by atoms with Crippen molar-refractivity contribution in [2.75, 3.05) is 23.5 Å². The van der Waals surface area contributed by atoms with Gasteiger partial charge in [0.05, 0.1) is 25.0 Å². The maximum atomic E-state index is 12.6. The summed E-state index contributed by atoms with van der Waals surface area (Å²) in [6, 6.07) is 12.5. The van der Waals surface area contributed by atoms with Gasteiger partial charge in [-0.2, -0.15) is 0 Å². The number of nitrogens with one attached hydrogen (secondary N) is 2. The third-order valence-electron chi connectivity index (χ3n) is 4.59. The van der Waals surface area contributed by atoms with Crippen LogP contribution >= 0.6 is 23.4 Å². The van der Waals surface area contributed by atoms with Crippen LogP contribution in [0.5, 0.6) is 5.75 Å². The number of amides is 2. The molecule has 0 aliphatic carbocycles. The second-order valence-corrected chi connectivity index (χ2v) is 8.37. The lowest BCUT2D eigenvalue weighted by atomic mass is 10.2. The van der Waals surface area contributed by atoms with Crippen LogP contribution in [-0.4, -0.2) is 39.4 Å². The molecular weight excluding hydrogens is 462 g/mol. The minimum absolute atomic E-state index is 0.00745. The van der Waals surface area contributed by atoms with Gasteiger partial charge in [0.2, 0.25) is 11.8 Å². The Morgan fingerprint density at radius 1 is 1.18 bits per heavy atom. The van der Waals surface area contributed by atoms with Crippen LogP contribution in [0.2, 0.25) is 5.02 Å². The van der Waals surface area contributed by atoms with Crippen LogP contribution < -0.4 is 15.4 Å². The number of hydrogen-bond acceptors (Lipinski definition) is 6. The Morgan fingerprint density at radius 2 is 1.97 bits per heavy atom. The van der Waals surface area contributed by atoms with Crippen LogP contribution in [0, 0.1) is 6.92 Å². The molecule has 0 spiro atoms. The molecule has 3 rings (SSSR count). The largest absolute Gasteiger partial charge is 0.495 e. The summed E-state index contributed by atoms with van der Waals surface area (Å²) < 4.78 is 7.02. The standard InChI is InChI=1S/C23H24ClN5O3S/c1-4-11-29-20(13-21(30)26-18-7-5-6-8-19(18)32-3)27-28-23(29)33-14-22(31)25-16-10-9-15(2)17(24)12-16/h4-10,12H,1,11,13-14H2,2-3H3,(H,25,31)(H,26,30). The number of hydrogen-bond donors (Lipinski definition) is 2. The first-order chi connectivity index (χ1) is 15.9. The Hall–Kier alpha value is -3.30. The van der Waals surface area contributed by atoms with E-state index >= 15 is 0 Å². The number of para-hydroxylation sites is 2. The molecule has 0 radical (unpaired) electrons. The predicted octanol–water partition coefficient (Wildman–Crippen LogP) is 4.35. The summed E-state index contributed by atoms with van der Waals surface area (Å²) in [6.45, 7) is 6.06. The summed E-state index contributed by atoms with van der Waals surface area (Å²) in [7, 11) is 1.54. The Kier molecular flexibility index (Phi) is 8.51. The van der Waals surface area contributed by atoms with Gasteiger partial charge >= 0.3 is 0 Å². The van der Waals surface area contributed by atoms with Crippen molar-refractivity contribution in [3.05, 3.63) is 71.5 Å². The normalized spacial score (nSPS) is 10.5. The first kappa shape index (κ1) is 24.3. The smallest absolute Gasteiger partial charge is 0.234 e. The molecule has 2 N–H and O–H groups in total. The van der Waals surface area contributed by atoms with Gasteiger partial charge in [-0.1, -0.05) is 47.6 Å². The fraction of sp³-hybridized carbons (Fsp3) is 0.217. The van der Waals surface area contributed by atoms with E-state index in [1.54, 1.807) is 42.0 Å². The van der Waals surface area contributed by atoms with E-state index in [0.29, 0.717) is 39.7 Å². The quantitative estimate of drug-likeness (QED) is 0.327. The molecule has 0 fully saturated rings. The van der Waals surface area contributed by atoms with E-state index in [1.165, 1.54) is 11.8 Å². The minimum Gasteiger partial charge on any atom is -0.495 e. The van der Waals surface area contributed by atoms with Crippen molar-refractivity contribution in [1.29, 1.82) is 0 Å². The highest BCUT2D eigenvalue weighted by Gasteiger charge is 2.17. The molecule has 0 aliphatic rings. The van der Waals surface area contributed by atoms with Gasteiger partial charge in [0, 0.05) is 17.3 Å². The summed E-state index contributed by atoms with van der Waals surface area (Å²) in [6.07, 6.45) is 1.69. The van der Waals surface area contributed by atoms with Gasteiger partial charge in [-0.25, -0.2) is 0 Å². The number of rotatable bonds is 10. The number of anilines is 2. The summed E-state index contributed by atoms with van der Waals surface area (Å²) in [5, 5.41) is 15.0. The van der Waals surface area contributed by atoms with E-state index in [9.17, 15) is 9.59 Å². The summed E-state index contributed by atoms with van der Waals surface area (Å²) in [4.78, 5) is 25.0. The number of aromatic nitrogens is 3. The second kappa shape index (κ2) is 11.5. The summed E-state index contributed by atoms with van der Waals surface area (Å²) >= 11 is 7.34. The molecule has 3 aromatic rings. The van der Waals surface area contributed by atoms with Crippen LogP contribution in [0.1, 0.15) is 11.4 Å². The van der Waals surface area contributed by atoms with E-state index < -0.39 is 0 Å². The summed E-state index contributed by atoms with van der Waals surface area (Å²) in [5.41, 5.74) is 2.13. The maximum Gasteiger partial charge on any atom is 0.234 e. The predicted molar refractivity (Wildman–Crippen MR) is 131 cm³/mol. The monoisotopic (exact) mass is 485 g/mol. The van der Waals surface area contributed by atoms with E-state index in [4.69, 9.17) is 16.3 Å². The number of carbonyl (C=O) groups excluding carboxylic acids is 2. The average Bonchev–Trinajstić information content (AvgIpc) is 3.16. The molecule has 10 heteroatoms. The highest BCUT2D eigenvalue weighted by atomic mass is 35.5. The van der Waals surface area contributed by atoms with Gasteiger partial charge < -0.3 is 19.9 Å². The zero-order chi connectivity index (χ0) is 23.8. The third-order valence-corrected chi connectivity index (χ3v) is 5.97. The molecule has 1 aromatic heterocycles. The van der Waals surface area contributed by atoms with Gasteiger partial charge in [-0.05, 0) is 36.8 Å². The van der Waals surface area contributed by atoms with Crippen LogP contribution in [-0.2, 0) is 22.6 Å². The number of thioether (sulfide) groups is 1. The molecule has 2 aromatic carbocycles. The zero-order valence-electron chi connectivity index (χ0n) is 18.3. The van der Waals surface area contributed by atoms with Crippen molar-refractivity contribution >= 4 is 46.6 Å². The maximum absolute atomic E-state index is 12.6. The first-order valence-corrected chi connectivity index (χ1v) is 11.4. The van der Waals surface area contributed by atoms with Crippen LogP contribution in [0.3, 0.4) is 0 Å². The van der Waals surface area contributed by atoms with E-state index in [-0.39, 0.29) is 24.0 Å². The van der Waals surface area contributed by atoms with Crippen LogP contribution in [0.15, 0.2) is 60.3 Å². The molecule has 0 saturated heterocycles. The Labute approximate surface area is 201 Å². The summed E-state index contributed by atoms with van der Waals surface area (Å²) in [5.74, 6) is 0.686. The van der Waals surface area contributed by atoms with Crippen molar-refractivity contribution in [3.8, 4) is 5.75 Å². The van der Waals surface area contributed by atoms with Gasteiger partial charge in [0.25, 0.3) is 0 Å². The molecule has 2 amide bonds. The van der Waals surface area contributed by atoms with E-state index in [0.717, 1.165) is 5.56 Å². The molecule has 1 heterocycles. The number of allylic oxidation sites excluding steroid dienone is 1. The highest BCUT2D eigenvalue weighted by Crippen LogP contribution is 2.24. The van der Waals surface area contributed by atoms with Gasteiger partial charge in [0.15, 0.2) is 5.16 Å². The fourth-order valence-corrected chi connectivity index (χ4v) is 3.90. The van der Waals surface area contributed by atoms with Gasteiger partial charge in [0.1, 0.15) is 11.6 Å². The number of halogens is 1. The lowest BCUT2D eigenvalue weighted by Gasteiger charge is -2.11. The Bertz CT molecular complexity index is 1160. The van der Waals surface area contributed by atoms with Gasteiger partial charge in [-0.15, -0.1) is 16.8 Å². The number of carbonyl (C=O) groups is 2. The SMILES string of the molecule is C=CCn1c(CC(=O)Nc2ccccc2OC)nnc1SCC(=O)Nc1ccc(C)c(Cl)c1. The van der Waals surface area contributed by atoms with E-state index in [2.05, 4.69) is 27.4 Å². The lowest BCUT2D eigenvalue weighted by molar-refractivity contribution is -0.116. The first-order valence-electron chi connectivity index (χ1n) is 10.1. The molecule has 0 unspecified atom stereocenters. The number of benzene rings is 2. The van der Waals surface area contributed by atoms with Gasteiger partial charge in [-0.3, -0.25) is 9.59 Å².